The topological polar surface area (TPSA) is 69.6 Å². The lowest BCUT2D eigenvalue weighted by Crippen LogP contribution is -2.25. The molecule has 0 unspecified atom stereocenters. The smallest absolute Gasteiger partial charge is 0.383 e. The third-order valence-electron chi connectivity index (χ3n) is 5.72. The largest absolute Gasteiger partial charge is 0.435 e. The highest BCUT2D eigenvalue weighted by molar-refractivity contribution is 5.51. The highest BCUT2D eigenvalue weighted by Gasteiger charge is 2.50. The second-order valence-electron chi connectivity index (χ2n) is 7.98. The van der Waals surface area contributed by atoms with Gasteiger partial charge in [0.25, 0.3) is 5.95 Å². The van der Waals surface area contributed by atoms with Crippen LogP contribution in [0.15, 0.2) is 18.5 Å². The van der Waals surface area contributed by atoms with Crippen LogP contribution in [0.1, 0.15) is 57.7 Å². The molecule has 136 valence electrons. The van der Waals surface area contributed by atoms with Gasteiger partial charge >= 0.3 is 6.18 Å². The molecule has 2 heterocycles. The standard InChI is InChI=1S/C17H22F3N5/c1-15(2)8-10(9-16(15,3)4)11-12(17(18,19)20)24-25(13(11)21)14-22-6-5-7-23-14/h5-7,10H,8-9,21H2,1-4H3. The van der Waals surface area contributed by atoms with Crippen LogP contribution in [-0.4, -0.2) is 19.7 Å². The molecule has 0 aliphatic heterocycles. The van der Waals surface area contributed by atoms with Gasteiger partial charge in [-0.1, -0.05) is 27.7 Å². The summed E-state index contributed by atoms with van der Waals surface area (Å²) in [6.07, 6.45) is -0.458. The molecular weight excluding hydrogens is 331 g/mol. The molecule has 0 aromatic carbocycles. The van der Waals surface area contributed by atoms with Gasteiger partial charge in [-0.05, 0) is 35.7 Å². The van der Waals surface area contributed by atoms with E-state index in [1.807, 2.05) is 0 Å². The van der Waals surface area contributed by atoms with E-state index in [4.69, 9.17) is 5.73 Å². The molecule has 3 rings (SSSR count). The number of nitrogen functional groups attached to an aromatic ring is 1. The Morgan fingerprint density at radius 2 is 1.60 bits per heavy atom. The average molecular weight is 353 g/mol. The summed E-state index contributed by atoms with van der Waals surface area (Å²) in [5, 5.41) is 3.73. The van der Waals surface area contributed by atoms with Crippen molar-refractivity contribution in [2.45, 2.75) is 52.6 Å². The van der Waals surface area contributed by atoms with E-state index < -0.39 is 11.9 Å². The van der Waals surface area contributed by atoms with Crippen molar-refractivity contribution in [2.75, 3.05) is 5.73 Å². The summed E-state index contributed by atoms with van der Waals surface area (Å²) in [6, 6.07) is 1.58. The fourth-order valence-electron chi connectivity index (χ4n) is 3.67. The Balaban J connectivity index is 2.15. The second-order valence-corrected chi connectivity index (χ2v) is 7.98. The first-order valence-electron chi connectivity index (χ1n) is 8.17. The Morgan fingerprint density at radius 3 is 2.08 bits per heavy atom. The van der Waals surface area contributed by atoms with Gasteiger partial charge in [-0.2, -0.15) is 23.0 Å². The third-order valence-corrected chi connectivity index (χ3v) is 5.72. The van der Waals surface area contributed by atoms with E-state index in [0.29, 0.717) is 12.8 Å². The maximum absolute atomic E-state index is 13.6. The predicted octanol–water partition coefficient (Wildman–Crippen LogP) is 4.19. The van der Waals surface area contributed by atoms with Crippen molar-refractivity contribution in [2.24, 2.45) is 10.8 Å². The van der Waals surface area contributed by atoms with Crippen molar-refractivity contribution in [1.29, 1.82) is 0 Å². The molecular formula is C17H22F3N5. The predicted molar refractivity (Wildman–Crippen MR) is 88.1 cm³/mol. The zero-order valence-electron chi connectivity index (χ0n) is 14.7. The van der Waals surface area contributed by atoms with Crippen LogP contribution in [0, 0.1) is 10.8 Å². The molecule has 0 spiro atoms. The number of nitrogens with two attached hydrogens (primary N) is 1. The van der Waals surface area contributed by atoms with Crippen LogP contribution in [-0.2, 0) is 6.18 Å². The fraction of sp³-hybridized carbons (Fsp3) is 0.588. The molecule has 5 nitrogen and oxygen atoms in total. The van der Waals surface area contributed by atoms with Crippen molar-refractivity contribution in [3.05, 3.63) is 29.7 Å². The van der Waals surface area contributed by atoms with E-state index in [9.17, 15) is 13.2 Å². The number of nitrogens with zero attached hydrogens (tertiary/aromatic N) is 4. The normalized spacial score (nSPS) is 20.1. The monoisotopic (exact) mass is 353 g/mol. The minimum atomic E-state index is -4.58. The summed E-state index contributed by atoms with van der Waals surface area (Å²) in [5.74, 6) is -0.302. The molecule has 1 fully saturated rings. The Bertz CT molecular complexity index is 762. The van der Waals surface area contributed by atoms with E-state index >= 15 is 0 Å². The lowest BCUT2D eigenvalue weighted by molar-refractivity contribution is -0.142. The molecule has 0 atom stereocenters. The van der Waals surface area contributed by atoms with Gasteiger partial charge in [-0.3, -0.25) is 0 Å². The van der Waals surface area contributed by atoms with Gasteiger partial charge in [0.2, 0.25) is 0 Å². The number of anilines is 1. The third kappa shape index (κ3) is 2.87. The Labute approximate surface area is 144 Å². The fourth-order valence-corrected chi connectivity index (χ4v) is 3.67. The molecule has 1 aliphatic carbocycles. The molecule has 2 N–H and O–H groups in total. The lowest BCUT2D eigenvalue weighted by atomic mass is 9.71. The van der Waals surface area contributed by atoms with Crippen molar-refractivity contribution in [3.8, 4) is 5.95 Å². The maximum Gasteiger partial charge on any atom is 0.435 e. The molecule has 8 heteroatoms. The van der Waals surface area contributed by atoms with Crippen LogP contribution in [0.5, 0.6) is 0 Å². The minimum Gasteiger partial charge on any atom is -0.383 e. The van der Waals surface area contributed by atoms with Crippen LogP contribution in [0.3, 0.4) is 0 Å². The van der Waals surface area contributed by atoms with Gasteiger partial charge in [-0.15, -0.1) is 0 Å². The van der Waals surface area contributed by atoms with Gasteiger partial charge < -0.3 is 5.73 Å². The molecule has 1 aliphatic rings. The second kappa shape index (κ2) is 5.44. The van der Waals surface area contributed by atoms with E-state index in [2.05, 4.69) is 42.8 Å². The molecule has 0 saturated heterocycles. The number of aromatic nitrogens is 4. The van der Waals surface area contributed by atoms with Gasteiger partial charge in [0.05, 0.1) is 0 Å². The summed E-state index contributed by atoms with van der Waals surface area (Å²) in [6.45, 7) is 8.34. The van der Waals surface area contributed by atoms with Crippen molar-refractivity contribution in [1.82, 2.24) is 19.7 Å². The average Bonchev–Trinajstić information content (AvgIpc) is 2.94. The summed E-state index contributed by atoms with van der Waals surface area (Å²) in [7, 11) is 0. The molecule has 0 bridgehead atoms. The number of hydrogen-bond donors (Lipinski definition) is 1. The molecule has 2 aromatic heterocycles. The molecule has 0 amide bonds. The molecule has 2 aromatic rings. The Kier molecular flexibility index (Phi) is 3.85. The molecule has 0 radical (unpaired) electrons. The SMILES string of the molecule is CC1(C)CC(c2c(C(F)(F)F)nn(-c3ncccn3)c2N)CC1(C)C. The van der Waals surface area contributed by atoms with Crippen molar-refractivity contribution >= 4 is 5.82 Å². The van der Waals surface area contributed by atoms with E-state index in [0.717, 1.165) is 4.68 Å². The van der Waals surface area contributed by atoms with Gasteiger partial charge in [0.1, 0.15) is 5.82 Å². The molecule has 25 heavy (non-hydrogen) atoms. The first kappa shape index (κ1) is 17.7. The number of hydrogen-bond acceptors (Lipinski definition) is 4. The zero-order valence-corrected chi connectivity index (χ0v) is 14.7. The van der Waals surface area contributed by atoms with E-state index in [1.54, 1.807) is 6.07 Å². The number of alkyl halides is 3. The first-order chi connectivity index (χ1) is 11.4. The van der Waals surface area contributed by atoms with Gasteiger partial charge in [0, 0.05) is 18.0 Å². The van der Waals surface area contributed by atoms with Crippen molar-refractivity contribution in [3.63, 3.8) is 0 Å². The zero-order chi connectivity index (χ0) is 18.6. The first-order valence-corrected chi connectivity index (χ1v) is 8.17. The van der Waals surface area contributed by atoms with Crippen LogP contribution in [0.25, 0.3) is 5.95 Å². The highest BCUT2D eigenvalue weighted by Crippen LogP contribution is 2.59. The summed E-state index contributed by atoms with van der Waals surface area (Å²) >= 11 is 0. The lowest BCUT2D eigenvalue weighted by Gasteiger charge is -2.34. The van der Waals surface area contributed by atoms with Crippen LogP contribution < -0.4 is 5.73 Å². The van der Waals surface area contributed by atoms with Gasteiger partial charge in [-0.25, -0.2) is 9.97 Å². The van der Waals surface area contributed by atoms with Crippen LogP contribution in [0.2, 0.25) is 0 Å². The number of rotatable bonds is 2. The summed E-state index contributed by atoms with van der Waals surface area (Å²) in [4.78, 5) is 7.94. The Hall–Kier alpha value is -2.12. The van der Waals surface area contributed by atoms with Gasteiger partial charge in [0.15, 0.2) is 5.69 Å². The maximum atomic E-state index is 13.6. The quantitative estimate of drug-likeness (QED) is 0.879. The highest BCUT2D eigenvalue weighted by atomic mass is 19.4. The van der Waals surface area contributed by atoms with E-state index in [1.165, 1.54) is 12.4 Å². The van der Waals surface area contributed by atoms with Crippen LogP contribution in [0.4, 0.5) is 19.0 Å². The summed E-state index contributed by atoms with van der Waals surface area (Å²) in [5.41, 5.74) is 5.05. The summed E-state index contributed by atoms with van der Waals surface area (Å²) < 4.78 is 41.9. The van der Waals surface area contributed by atoms with Crippen molar-refractivity contribution < 1.29 is 13.2 Å². The Morgan fingerprint density at radius 1 is 1.08 bits per heavy atom. The minimum absolute atomic E-state index is 0.0305. The van der Waals surface area contributed by atoms with Crippen LogP contribution >= 0.6 is 0 Å². The van der Waals surface area contributed by atoms with E-state index in [-0.39, 0.29) is 34.1 Å². The number of halogens is 3. The molecule has 1 saturated carbocycles.